The lowest BCUT2D eigenvalue weighted by molar-refractivity contribution is 0.177. The van der Waals surface area contributed by atoms with Crippen LogP contribution in [0.1, 0.15) is 0 Å². The fraction of sp³-hybridized carbons (Fsp3) is 0.750. The molecule has 7 heteroatoms. The third-order valence-electron chi connectivity index (χ3n) is 0.878. The minimum Gasteiger partial charge on any atom is -0.452 e. The summed E-state index contributed by atoms with van der Waals surface area (Å²) in [5, 5.41) is 0. The number of nitrogens with one attached hydrogen (secondary N) is 1. The Hall–Kier alpha value is -0.820. The van der Waals surface area contributed by atoms with Crippen LogP contribution in [0.3, 0.4) is 0 Å². The van der Waals surface area contributed by atoms with E-state index in [9.17, 15) is 13.2 Å². The number of nitrogens with zero attached hydrogens (tertiary/aromatic N) is 1. The Morgan fingerprint density at radius 1 is 1.45 bits per heavy atom. The summed E-state index contributed by atoms with van der Waals surface area (Å²) in [5.74, 6) is 0. The summed E-state index contributed by atoms with van der Waals surface area (Å²) in [7, 11) is -0.0231. The van der Waals surface area contributed by atoms with Gasteiger partial charge in [-0.15, -0.1) is 0 Å². The van der Waals surface area contributed by atoms with Crippen molar-refractivity contribution < 1.29 is 17.9 Å². The lowest BCUT2D eigenvalue weighted by atomic mass is 11.2. The van der Waals surface area contributed by atoms with Crippen LogP contribution in [0.4, 0.5) is 4.79 Å². The van der Waals surface area contributed by atoms with Gasteiger partial charge < -0.3 is 4.74 Å². The molecule has 0 fully saturated rings. The minimum absolute atomic E-state index is 0.865. The van der Waals surface area contributed by atoms with Gasteiger partial charge in [-0.3, -0.25) is 0 Å². The van der Waals surface area contributed by atoms with Crippen molar-refractivity contribution in [1.82, 2.24) is 9.03 Å². The zero-order valence-electron chi connectivity index (χ0n) is 6.49. The highest BCUT2D eigenvalue weighted by molar-refractivity contribution is 7.87. The SMILES string of the molecule is COC(=O)NS(=O)(=O)N(C)C. The fourth-order valence-corrected chi connectivity index (χ4v) is 0.715. The van der Waals surface area contributed by atoms with Gasteiger partial charge in [-0.05, 0) is 0 Å². The number of ether oxygens (including phenoxy) is 1. The Kier molecular flexibility index (Phi) is 3.27. The average Bonchev–Trinajstić information content (AvgIpc) is 1.86. The molecule has 0 aromatic carbocycles. The van der Waals surface area contributed by atoms with Gasteiger partial charge in [0, 0.05) is 14.1 Å². The Morgan fingerprint density at radius 3 is 2.18 bits per heavy atom. The summed E-state index contributed by atoms with van der Waals surface area (Å²) in [4.78, 5) is 10.4. The van der Waals surface area contributed by atoms with E-state index >= 15 is 0 Å². The summed E-state index contributed by atoms with van der Waals surface area (Å²) >= 11 is 0. The monoisotopic (exact) mass is 182 g/mol. The van der Waals surface area contributed by atoms with E-state index in [1.54, 1.807) is 4.72 Å². The topological polar surface area (TPSA) is 75.7 Å². The van der Waals surface area contributed by atoms with Gasteiger partial charge in [-0.1, -0.05) is 0 Å². The number of amides is 1. The van der Waals surface area contributed by atoms with Crippen molar-refractivity contribution >= 4 is 16.3 Å². The van der Waals surface area contributed by atoms with Gasteiger partial charge in [-0.2, -0.15) is 12.7 Å². The quantitative estimate of drug-likeness (QED) is 0.603. The van der Waals surface area contributed by atoms with Crippen molar-refractivity contribution in [2.24, 2.45) is 0 Å². The molecule has 0 rings (SSSR count). The van der Waals surface area contributed by atoms with E-state index in [-0.39, 0.29) is 0 Å². The predicted octanol–water partition coefficient (Wildman–Crippen LogP) is -0.851. The number of hydrogen-bond acceptors (Lipinski definition) is 4. The van der Waals surface area contributed by atoms with E-state index in [1.807, 2.05) is 0 Å². The lowest BCUT2D eigenvalue weighted by Gasteiger charge is -2.10. The molecule has 6 nitrogen and oxygen atoms in total. The Morgan fingerprint density at radius 2 is 1.91 bits per heavy atom. The second-order valence-corrected chi connectivity index (χ2v) is 3.77. The molecule has 0 atom stereocenters. The van der Waals surface area contributed by atoms with E-state index < -0.39 is 16.3 Å². The molecule has 66 valence electrons. The maximum Gasteiger partial charge on any atom is 0.421 e. The molecule has 1 N–H and O–H groups in total. The van der Waals surface area contributed by atoms with Crippen LogP contribution in [-0.4, -0.2) is 40.0 Å². The highest BCUT2D eigenvalue weighted by atomic mass is 32.2. The predicted molar refractivity (Wildman–Crippen MR) is 38.1 cm³/mol. The molecule has 0 aliphatic heterocycles. The smallest absolute Gasteiger partial charge is 0.421 e. The summed E-state index contributed by atoms with van der Waals surface area (Å²) in [6.45, 7) is 0. The first kappa shape index (κ1) is 10.2. The van der Waals surface area contributed by atoms with Crippen LogP contribution in [-0.2, 0) is 14.9 Å². The number of rotatable bonds is 2. The van der Waals surface area contributed by atoms with Crippen LogP contribution in [0.25, 0.3) is 0 Å². The molecule has 0 radical (unpaired) electrons. The van der Waals surface area contributed by atoms with E-state index in [0.29, 0.717) is 0 Å². The van der Waals surface area contributed by atoms with Crippen LogP contribution in [0.15, 0.2) is 0 Å². The summed E-state index contributed by atoms with van der Waals surface area (Å²) < 4.78 is 28.2. The highest BCUT2D eigenvalue weighted by Gasteiger charge is 2.16. The fourth-order valence-electron chi connectivity index (χ4n) is 0.238. The molecule has 0 aliphatic rings. The van der Waals surface area contributed by atoms with Gasteiger partial charge in [0.25, 0.3) is 0 Å². The Bertz CT molecular complexity index is 232. The molecule has 0 heterocycles. The Labute approximate surface area is 65.3 Å². The summed E-state index contributed by atoms with van der Waals surface area (Å²) in [5.41, 5.74) is 0. The van der Waals surface area contributed by atoms with Crippen LogP contribution < -0.4 is 4.72 Å². The van der Waals surface area contributed by atoms with Crippen molar-refractivity contribution in [1.29, 1.82) is 0 Å². The van der Waals surface area contributed by atoms with Gasteiger partial charge in [0.1, 0.15) is 0 Å². The number of carbonyl (C=O) groups excluding carboxylic acids is 1. The van der Waals surface area contributed by atoms with Crippen molar-refractivity contribution in [3.63, 3.8) is 0 Å². The molecular weight excluding hydrogens is 172 g/mol. The molecular formula is C4H10N2O4S. The van der Waals surface area contributed by atoms with Crippen molar-refractivity contribution in [2.75, 3.05) is 21.2 Å². The number of carbonyl (C=O) groups is 1. The molecule has 1 amide bonds. The minimum atomic E-state index is -3.70. The second-order valence-electron chi connectivity index (χ2n) is 1.88. The molecule has 0 saturated heterocycles. The first-order chi connectivity index (χ1) is 4.90. The lowest BCUT2D eigenvalue weighted by Crippen LogP contribution is -2.39. The molecule has 0 spiro atoms. The maximum atomic E-state index is 10.8. The van der Waals surface area contributed by atoms with Gasteiger partial charge in [0.2, 0.25) is 0 Å². The van der Waals surface area contributed by atoms with Gasteiger partial charge >= 0.3 is 16.3 Å². The van der Waals surface area contributed by atoms with Crippen LogP contribution in [0.2, 0.25) is 0 Å². The number of hydrogen-bond donors (Lipinski definition) is 1. The maximum absolute atomic E-state index is 10.8. The Balaban J connectivity index is 4.27. The second kappa shape index (κ2) is 3.54. The zero-order valence-corrected chi connectivity index (χ0v) is 7.30. The summed E-state index contributed by atoms with van der Waals surface area (Å²) in [6, 6.07) is 0. The third kappa shape index (κ3) is 3.19. The van der Waals surface area contributed by atoms with E-state index in [0.717, 1.165) is 11.4 Å². The van der Waals surface area contributed by atoms with Crippen LogP contribution in [0, 0.1) is 0 Å². The molecule has 11 heavy (non-hydrogen) atoms. The van der Waals surface area contributed by atoms with Crippen molar-refractivity contribution in [2.45, 2.75) is 0 Å². The van der Waals surface area contributed by atoms with Gasteiger partial charge in [-0.25, -0.2) is 9.52 Å². The van der Waals surface area contributed by atoms with Crippen molar-refractivity contribution in [3.05, 3.63) is 0 Å². The first-order valence-electron chi connectivity index (χ1n) is 2.68. The van der Waals surface area contributed by atoms with Crippen LogP contribution >= 0.6 is 0 Å². The van der Waals surface area contributed by atoms with E-state index in [2.05, 4.69) is 4.74 Å². The zero-order chi connectivity index (χ0) is 9.07. The molecule has 0 saturated carbocycles. The molecule has 0 aliphatic carbocycles. The molecule has 0 bridgehead atoms. The highest BCUT2D eigenvalue weighted by Crippen LogP contribution is 1.87. The standard InChI is InChI=1S/C4H10N2O4S/c1-6(2)11(8,9)5-4(7)10-3/h1-3H3,(H,5,7). The number of methoxy groups -OCH3 is 1. The normalized spacial score (nSPS) is 11.3. The molecule has 0 aromatic heterocycles. The van der Waals surface area contributed by atoms with E-state index in [1.165, 1.54) is 14.1 Å². The van der Waals surface area contributed by atoms with E-state index in [4.69, 9.17) is 0 Å². The van der Waals surface area contributed by atoms with Crippen LogP contribution in [0.5, 0.6) is 0 Å². The molecule has 0 unspecified atom stereocenters. The summed E-state index contributed by atoms with van der Waals surface area (Å²) in [6.07, 6.45) is -1.00. The van der Waals surface area contributed by atoms with Gasteiger partial charge in [0.15, 0.2) is 0 Å². The third-order valence-corrected chi connectivity index (χ3v) is 2.26. The first-order valence-corrected chi connectivity index (χ1v) is 4.12. The van der Waals surface area contributed by atoms with Gasteiger partial charge in [0.05, 0.1) is 7.11 Å². The average molecular weight is 182 g/mol. The van der Waals surface area contributed by atoms with Crippen molar-refractivity contribution in [3.8, 4) is 0 Å². The molecule has 0 aromatic rings. The largest absolute Gasteiger partial charge is 0.452 e.